The van der Waals surface area contributed by atoms with Crippen molar-refractivity contribution in [3.63, 3.8) is 0 Å². The topological polar surface area (TPSA) is 47.0 Å². The third-order valence-electron chi connectivity index (χ3n) is 3.54. The lowest BCUT2D eigenvalue weighted by Gasteiger charge is -2.12. The van der Waals surface area contributed by atoms with Crippen molar-refractivity contribution in [2.24, 2.45) is 0 Å². The van der Waals surface area contributed by atoms with Crippen LogP contribution in [0.15, 0.2) is 16.6 Å². The summed E-state index contributed by atoms with van der Waals surface area (Å²) in [6, 6.07) is 4.16. The van der Waals surface area contributed by atoms with Crippen molar-refractivity contribution in [1.29, 1.82) is 0 Å². The molecule has 1 aliphatic heterocycles. The standard InChI is InChI=1S/C15H15BrClN3O/c1-8-9(2)20-15(14(17)19-8)18-7-11-6-12(16)5-10-3-4-21-13(10)11/h5-6H,3-4,7H2,1-2H3,(H,18,20). The molecule has 1 aromatic carbocycles. The number of hydrogen-bond donors (Lipinski definition) is 1. The Labute approximate surface area is 137 Å². The minimum absolute atomic E-state index is 0.394. The first-order valence-corrected chi connectivity index (χ1v) is 7.90. The van der Waals surface area contributed by atoms with E-state index < -0.39 is 0 Å². The van der Waals surface area contributed by atoms with Gasteiger partial charge in [0.05, 0.1) is 18.0 Å². The second-order valence-electron chi connectivity index (χ2n) is 5.04. The van der Waals surface area contributed by atoms with E-state index in [0.717, 1.165) is 40.2 Å². The predicted octanol–water partition coefficient (Wildman–Crippen LogP) is 4.06. The molecule has 0 bridgehead atoms. The van der Waals surface area contributed by atoms with E-state index in [2.05, 4.69) is 43.3 Å². The van der Waals surface area contributed by atoms with Gasteiger partial charge in [0, 0.05) is 23.0 Å². The molecule has 0 amide bonds. The van der Waals surface area contributed by atoms with Crippen LogP contribution < -0.4 is 10.1 Å². The van der Waals surface area contributed by atoms with Gasteiger partial charge in [-0.25, -0.2) is 9.97 Å². The number of ether oxygens (including phenoxy) is 1. The molecular weight excluding hydrogens is 354 g/mol. The molecule has 0 saturated carbocycles. The minimum atomic E-state index is 0.394. The van der Waals surface area contributed by atoms with Gasteiger partial charge in [0.2, 0.25) is 0 Å². The van der Waals surface area contributed by atoms with Crippen LogP contribution in [0.5, 0.6) is 5.75 Å². The second kappa shape index (κ2) is 5.81. The lowest BCUT2D eigenvalue weighted by atomic mass is 10.1. The Balaban J connectivity index is 1.84. The van der Waals surface area contributed by atoms with Crippen LogP contribution >= 0.6 is 27.5 Å². The number of anilines is 1. The summed E-state index contributed by atoms with van der Waals surface area (Å²) in [6.07, 6.45) is 0.950. The second-order valence-corrected chi connectivity index (χ2v) is 6.31. The highest BCUT2D eigenvalue weighted by molar-refractivity contribution is 9.10. The Bertz CT molecular complexity index is 706. The number of benzene rings is 1. The third kappa shape index (κ3) is 2.99. The zero-order valence-corrected chi connectivity index (χ0v) is 14.2. The number of halogens is 2. The number of hydrogen-bond acceptors (Lipinski definition) is 4. The van der Waals surface area contributed by atoms with E-state index in [-0.39, 0.29) is 0 Å². The minimum Gasteiger partial charge on any atom is -0.493 e. The number of nitrogens with zero attached hydrogens (tertiary/aromatic N) is 2. The van der Waals surface area contributed by atoms with Crippen LogP contribution in [0, 0.1) is 13.8 Å². The van der Waals surface area contributed by atoms with E-state index in [1.165, 1.54) is 5.56 Å². The normalized spacial score (nSPS) is 13.0. The molecule has 0 radical (unpaired) electrons. The van der Waals surface area contributed by atoms with Crippen molar-refractivity contribution in [2.45, 2.75) is 26.8 Å². The number of fused-ring (bicyclic) bond motifs is 1. The molecule has 1 aliphatic rings. The monoisotopic (exact) mass is 367 g/mol. The van der Waals surface area contributed by atoms with Crippen LogP contribution in [0.2, 0.25) is 5.15 Å². The highest BCUT2D eigenvalue weighted by Gasteiger charge is 2.17. The molecule has 1 aromatic heterocycles. The summed E-state index contributed by atoms with van der Waals surface area (Å²) in [7, 11) is 0. The van der Waals surface area contributed by atoms with Gasteiger partial charge in [-0.2, -0.15) is 0 Å². The SMILES string of the molecule is Cc1nc(Cl)c(NCc2cc(Br)cc3c2OCC3)nc1C. The molecule has 0 saturated heterocycles. The number of nitrogens with one attached hydrogen (secondary N) is 1. The van der Waals surface area contributed by atoms with Crippen molar-refractivity contribution in [1.82, 2.24) is 9.97 Å². The molecule has 0 spiro atoms. The molecule has 2 heterocycles. The summed E-state index contributed by atoms with van der Waals surface area (Å²) in [5.74, 6) is 1.57. The van der Waals surface area contributed by atoms with Gasteiger partial charge in [0.15, 0.2) is 11.0 Å². The molecule has 4 nitrogen and oxygen atoms in total. The fourth-order valence-electron chi connectivity index (χ4n) is 2.34. The fraction of sp³-hybridized carbons (Fsp3) is 0.333. The maximum absolute atomic E-state index is 6.14. The molecule has 6 heteroatoms. The predicted molar refractivity (Wildman–Crippen MR) is 87.2 cm³/mol. The Hall–Kier alpha value is -1.33. The first kappa shape index (κ1) is 14.6. The van der Waals surface area contributed by atoms with Gasteiger partial charge in [-0.05, 0) is 31.5 Å². The lowest BCUT2D eigenvalue weighted by Crippen LogP contribution is -2.06. The van der Waals surface area contributed by atoms with Crippen LogP contribution in [-0.2, 0) is 13.0 Å². The molecule has 110 valence electrons. The summed E-state index contributed by atoms with van der Waals surface area (Å²) in [6.45, 7) is 5.15. The van der Waals surface area contributed by atoms with E-state index >= 15 is 0 Å². The zero-order valence-electron chi connectivity index (χ0n) is 11.8. The Morgan fingerprint density at radius 2 is 2.05 bits per heavy atom. The first-order valence-electron chi connectivity index (χ1n) is 6.73. The Kier molecular flexibility index (Phi) is 4.04. The Morgan fingerprint density at radius 1 is 1.29 bits per heavy atom. The van der Waals surface area contributed by atoms with Crippen molar-refractivity contribution < 1.29 is 4.74 Å². The first-order chi connectivity index (χ1) is 10.0. The summed E-state index contributed by atoms with van der Waals surface area (Å²) < 4.78 is 6.77. The number of aromatic nitrogens is 2. The van der Waals surface area contributed by atoms with Crippen LogP contribution in [0.3, 0.4) is 0 Å². The molecule has 3 rings (SSSR count). The smallest absolute Gasteiger partial charge is 0.171 e. The van der Waals surface area contributed by atoms with E-state index in [4.69, 9.17) is 16.3 Å². The highest BCUT2D eigenvalue weighted by atomic mass is 79.9. The van der Waals surface area contributed by atoms with Gasteiger partial charge < -0.3 is 10.1 Å². The fourth-order valence-corrected chi connectivity index (χ4v) is 3.13. The van der Waals surface area contributed by atoms with Crippen molar-refractivity contribution in [2.75, 3.05) is 11.9 Å². The van der Waals surface area contributed by atoms with Crippen molar-refractivity contribution in [3.05, 3.63) is 44.3 Å². The summed E-state index contributed by atoms with van der Waals surface area (Å²) in [5, 5.41) is 3.64. The van der Waals surface area contributed by atoms with Gasteiger partial charge in [-0.15, -0.1) is 0 Å². The maximum Gasteiger partial charge on any atom is 0.171 e. The van der Waals surface area contributed by atoms with Crippen LogP contribution in [-0.4, -0.2) is 16.6 Å². The third-order valence-corrected chi connectivity index (χ3v) is 4.26. The molecule has 21 heavy (non-hydrogen) atoms. The van der Waals surface area contributed by atoms with Crippen LogP contribution in [0.4, 0.5) is 5.82 Å². The average molecular weight is 369 g/mol. The van der Waals surface area contributed by atoms with Crippen LogP contribution in [0.25, 0.3) is 0 Å². The molecule has 2 aromatic rings. The molecule has 0 fully saturated rings. The summed E-state index contributed by atoms with van der Waals surface area (Å²) in [5.41, 5.74) is 4.04. The summed E-state index contributed by atoms with van der Waals surface area (Å²) >= 11 is 9.68. The largest absolute Gasteiger partial charge is 0.493 e. The Morgan fingerprint density at radius 3 is 2.86 bits per heavy atom. The molecular formula is C15H15BrClN3O. The zero-order chi connectivity index (χ0) is 15.0. The summed E-state index contributed by atoms with van der Waals surface area (Å²) in [4.78, 5) is 8.72. The van der Waals surface area contributed by atoms with Crippen molar-refractivity contribution in [3.8, 4) is 5.75 Å². The van der Waals surface area contributed by atoms with Gasteiger partial charge in [-0.1, -0.05) is 27.5 Å². The quantitative estimate of drug-likeness (QED) is 0.887. The van der Waals surface area contributed by atoms with Crippen molar-refractivity contribution >= 4 is 33.3 Å². The number of rotatable bonds is 3. The van der Waals surface area contributed by atoms with Gasteiger partial charge in [0.1, 0.15) is 5.75 Å². The molecule has 1 N–H and O–H groups in total. The highest BCUT2D eigenvalue weighted by Crippen LogP contribution is 2.33. The van der Waals surface area contributed by atoms with E-state index in [1.54, 1.807) is 0 Å². The van der Waals surface area contributed by atoms with E-state index in [0.29, 0.717) is 17.5 Å². The van der Waals surface area contributed by atoms with Gasteiger partial charge in [-0.3, -0.25) is 0 Å². The van der Waals surface area contributed by atoms with E-state index in [9.17, 15) is 0 Å². The molecule has 0 atom stereocenters. The maximum atomic E-state index is 6.14. The lowest BCUT2D eigenvalue weighted by molar-refractivity contribution is 0.354. The van der Waals surface area contributed by atoms with Gasteiger partial charge in [0.25, 0.3) is 0 Å². The van der Waals surface area contributed by atoms with Gasteiger partial charge >= 0.3 is 0 Å². The van der Waals surface area contributed by atoms with Crippen LogP contribution in [0.1, 0.15) is 22.5 Å². The molecule has 0 aliphatic carbocycles. The number of aryl methyl sites for hydroxylation is 2. The molecule has 0 unspecified atom stereocenters. The van der Waals surface area contributed by atoms with E-state index in [1.807, 2.05) is 13.8 Å². The average Bonchev–Trinajstić information content (AvgIpc) is 2.89.